The van der Waals surface area contributed by atoms with E-state index in [2.05, 4.69) is 31.3 Å². The van der Waals surface area contributed by atoms with Gasteiger partial charge in [-0.2, -0.15) is 11.8 Å². The highest BCUT2D eigenvalue weighted by Crippen LogP contribution is 2.34. The Bertz CT molecular complexity index is 650. The second-order valence-electron chi connectivity index (χ2n) is 4.09. The molecule has 0 unspecified atom stereocenters. The van der Waals surface area contributed by atoms with Gasteiger partial charge in [0, 0.05) is 22.6 Å². The largest absolute Gasteiger partial charge is 0.308 e. The van der Waals surface area contributed by atoms with Crippen LogP contribution in [-0.4, -0.2) is 9.97 Å². The summed E-state index contributed by atoms with van der Waals surface area (Å²) in [4.78, 5) is 8.85. The molecule has 0 saturated carbocycles. The van der Waals surface area contributed by atoms with Gasteiger partial charge in [-0.15, -0.1) is 0 Å². The first-order valence-corrected chi connectivity index (χ1v) is 7.53. The standard InChI is InChI=1S/C12H10BrFN4S/c13-8-2-1-6(3-9(8)14)11-16-10-5-19-4-7(10)12(17-11)18-15/h1-3H,4-5,15H2,(H,16,17,18). The molecule has 3 rings (SSSR count). The van der Waals surface area contributed by atoms with E-state index in [1.165, 1.54) is 6.07 Å². The van der Waals surface area contributed by atoms with Crippen LogP contribution in [0.3, 0.4) is 0 Å². The van der Waals surface area contributed by atoms with Crippen LogP contribution in [0.5, 0.6) is 0 Å². The van der Waals surface area contributed by atoms with Crippen LogP contribution in [0.2, 0.25) is 0 Å². The van der Waals surface area contributed by atoms with Crippen molar-refractivity contribution in [3.05, 3.63) is 39.7 Å². The molecule has 2 heterocycles. The molecule has 1 aromatic heterocycles. The smallest absolute Gasteiger partial charge is 0.161 e. The van der Waals surface area contributed by atoms with E-state index in [1.54, 1.807) is 23.9 Å². The summed E-state index contributed by atoms with van der Waals surface area (Å²) in [5.74, 6) is 7.95. The summed E-state index contributed by atoms with van der Waals surface area (Å²) in [7, 11) is 0. The van der Waals surface area contributed by atoms with Crippen LogP contribution in [0.15, 0.2) is 22.7 Å². The number of thioether (sulfide) groups is 1. The number of fused-ring (bicyclic) bond motifs is 1. The lowest BCUT2D eigenvalue weighted by Gasteiger charge is -2.09. The first-order valence-electron chi connectivity index (χ1n) is 5.58. The molecule has 1 aliphatic heterocycles. The summed E-state index contributed by atoms with van der Waals surface area (Å²) in [5.41, 5.74) is 5.23. The Hall–Kier alpha value is -1.18. The van der Waals surface area contributed by atoms with Crippen molar-refractivity contribution in [1.29, 1.82) is 0 Å². The van der Waals surface area contributed by atoms with Crippen molar-refractivity contribution in [2.75, 3.05) is 5.43 Å². The van der Waals surface area contributed by atoms with Gasteiger partial charge in [-0.05, 0) is 34.1 Å². The fourth-order valence-corrected chi connectivity index (χ4v) is 3.22. The Morgan fingerprint density at radius 3 is 2.89 bits per heavy atom. The van der Waals surface area contributed by atoms with Crippen molar-refractivity contribution < 1.29 is 4.39 Å². The van der Waals surface area contributed by atoms with Crippen molar-refractivity contribution >= 4 is 33.5 Å². The van der Waals surface area contributed by atoms with Gasteiger partial charge in [0.25, 0.3) is 0 Å². The number of anilines is 1. The number of benzene rings is 1. The number of nitrogens with two attached hydrogens (primary N) is 1. The molecule has 0 amide bonds. The molecule has 0 saturated heterocycles. The zero-order valence-electron chi connectivity index (χ0n) is 9.78. The van der Waals surface area contributed by atoms with E-state index in [4.69, 9.17) is 5.84 Å². The van der Waals surface area contributed by atoms with E-state index in [0.29, 0.717) is 21.7 Å². The number of halogens is 2. The zero-order chi connectivity index (χ0) is 13.4. The van der Waals surface area contributed by atoms with Gasteiger partial charge in [0.05, 0.1) is 10.2 Å². The SMILES string of the molecule is NNc1nc(-c2ccc(Br)c(F)c2)nc2c1CSC2. The first kappa shape index (κ1) is 12.8. The summed E-state index contributed by atoms with van der Waals surface area (Å²) in [6.07, 6.45) is 0. The summed E-state index contributed by atoms with van der Waals surface area (Å²) in [5, 5.41) is 0. The lowest BCUT2D eigenvalue weighted by atomic mass is 10.2. The summed E-state index contributed by atoms with van der Waals surface area (Å²) < 4.78 is 14.0. The van der Waals surface area contributed by atoms with Gasteiger partial charge in [-0.1, -0.05) is 0 Å². The third-order valence-corrected chi connectivity index (χ3v) is 4.51. The lowest BCUT2D eigenvalue weighted by molar-refractivity contribution is 0.621. The molecule has 0 fully saturated rings. The molecule has 1 aliphatic rings. The first-order chi connectivity index (χ1) is 9.19. The van der Waals surface area contributed by atoms with Crippen LogP contribution in [0.1, 0.15) is 11.3 Å². The highest BCUT2D eigenvalue weighted by Gasteiger charge is 2.20. The molecule has 0 spiro atoms. The van der Waals surface area contributed by atoms with Crippen molar-refractivity contribution in [1.82, 2.24) is 9.97 Å². The summed E-state index contributed by atoms with van der Waals surface area (Å²) >= 11 is 4.89. The monoisotopic (exact) mass is 340 g/mol. The van der Waals surface area contributed by atoms with Gasteiger partial charge in [-0.3, -0.25) is 0 Å². The molecule has 0 atom stereocenters. The van der Waals surface area contributed by atoms with Gasteiger partial charge >= 0.3 is 0 Å². The molecule has 3 N–H and O–H groups in total. The van der Waals surface area contributed by atoms with Crippen LogP contribution >= 0.6 is 27.7 Å². The average molecular weight is 341 g/mol. The molecule has 7 heteroatoms. The highest BCUT2D eigenvalue weighted by molar-refractivity contribution is 9.10. The predicted octanol–water partition coefficient (Wildman–Crippen LogP) is 3.08. The van der Waals surface area contributed by atoms with Crippen molar-refractivity contribution in [3.63, 3.8) is 0 Å². The number of nitrogen functional groups attached to an aromatic ring is 1. The quantitative estimate of drug-likeness (QED) is 0.649. The van der Waals surface area contributed by atoms with E-state index < -0.39 is 0 Å². The van der Waals surface area contributed by atoms with Crippen LogP contribution in [-0.2, 0) is 11.5 Å². The number of rotatable bonds is 2. The fraction of sp³-hybridized carbons (Fsp3) is 0.167. The number of hydrazine groups is 1. The molecular formula is C12H10BrFN4S. The van der Waals surface area contributed by atoms with E-state index in [1.807, 2.05) is 0 Å². The summed E-state index contributed by atoms with van der Waals surface area (Å²) in [6.45, 7) is 0. The predicted molar refractivity (Wildman–Crippen MR) is 77.9 cm³/mol. The lowest BCUT2D eigenvalue weighted by Crippen LogP contribution is -2.12. The summed E-state index contributed by atoms with van der Waals surface area (Å²) in [6, 6.07) is 4.83. The zero-order valence-corrected chi connectivity index (χ0v) is 12.2. The van der Waals surface area contributed by atoms with Crippen molar-refractivity contribution in [2.24, 2.45) is 5.84 Å². The normalized spacial score (nSPS) is 13.4. The van der Waals surface area contributed by atoms with Crippen LogP contribution in [0, 0.1) is 5.82 Å². The minimum Gasteiger partial charge on any atom is -0.308 e. The molecule has 0 radical (unpaired) electrons. The molecule has 2 aromatic rings. The Labute approximate surface area is 122 Å². The van der Waals surface area contributed by atoms with Crippen molar-refractivity contribution in [2.45, 2.75) is 11.5 Å². The maximum atomic E-state index is 13.6. The van der Waals surface area contributed by atoms with E-state index >= 15 is 0 Å². The van der Waals surface area contributed by atoms with Crippen LogP contribution < -0.4 is 11.3 Å². The third kappa shape index (κ3) is 2.33. The van der Waals surface area contributed by atoms with Gasteiger partial charge in [0.15, 0.2) is 5.82 Å². The van der Waals surface area contributed by atoms with E-state index in [-0.39, 0.29) is 5.82 Å². The molecule has 0 aliphatic carbocycles. The number of hydrogen-bond donors (Lipinski definition) is 2. The minimum absolute atomic E-state index is 0.335. The Kier molecular flexibility index (Phi) is 3.42. The van der Waals surface area contributed by atoms with Crippen molar-refractivity contribution in [3.8, 4) is 11.4 Å². The maximum absolute atomic E-state index is 13.6. The maximum Gasteiger partial charge on any atom is 0.161 e. The number of hydrogen-bond acceptors (Lipinski definition) is 5. The van der Waals surface area contributed by atoms with Gasteiger partial charge < -0.3 is 5.43 Å². The molecular weight excluding hydrogens is 331 g/mol. The molecule has 0 bridgehead atoms. The third-order valence-electron chi connectivity index (χ3n) is 2.89. The van der Waals surface area contributed by atoms with Crippen LogP contribution in [0.4, 0.5) is 10.2 Å². The highest BCUT2D eigenvalue weighted by atomic mass is 79.9. The molecule has 1 aromatic carbocycles. The fourth-order valence-electron chi connectivity index (χ4n) is 1.93. The average Bonchev–Trinajstić information content (AvgIpc) is 2.89. The van der Waals surface area contributed by atoms with Crippen LogP contribution in [0.25, 0.3) is 11.4 Å². The van der Waals surface area contributed by atoms with Gasteiger partial charge in [0.1, 0.15) is 11.6 Å². The minimum atomic E-state index is -0.335. The van der Waals surface area contributed by atoms with Gasteiger partial charge in [0.2, 0.25) is 0 Å². The van der Waals surface area contributed by atoms with E-state index in [9.17, 15) is 4.39 Å². The number of nitrogens with zero attached hydrogens (tertiary/aromatic N) is 2. The number of nitrogens with one attached hydrogen (secondary N) is 1. The topological polar surface area (TPSA) is 63.8 Å². The molecule has 98 valence electrons. The molecule has 19 heavy (non-hydrogen) atoms. The second-order valence-corrected chi connectivity index (χ2v) is 5.93. The van der Waals surface area contributed by atoms with Gasteiger partial charge in [-0.25, -0.2) is 20.2 Å². The number of aromatic nitrogens is 2. The Morgan fingerprint density at radius 1 is 1.32 bits per heavy atom. The molecule has 4 nitrogen and oxygen atoms in total. The van der Waals surface area contributed by atoms with E-state index in [0.717, 1.165) is 22.8 Å². The second kappa shape index (κ2) is 5.07. The Morgan fingerprint density at radius 2 is 2.16 bits per heavy atom. The Balaban J connectivity index is 2.12.